The van der Waals surface area contributed by atoms with E-state index in [1.807, 2.05) is 25.8 Å². The van der Waals surface area contributed by atoms with Gasteiger partial charge in [0.15, 0.2) is 18.2 Å². The molecule has 4 rings (SSSR count). The molecular weight excluding hydrogens is 322 g/mol. The number of aryl methyl sites for hydroxylation is 2. The summed E-state index contributed by atoms with van der Waals surface area (Å²) < 4.78 is 12.9. The van der Waals surface area contributed by atoms with Gasteiger partial charge in [0.2, 0.25) is 5.91 Å². The van der Waals surface area contributed by atoms with Crippen molar-refractivity contribution < 1.29 is 14.1 Å². The number of hydrogen-bond acceptors (Lipinski definition) is 6. The third-order valence-corrected chi connectivity index (χ3v) is 5.02. The van der Waals surface area contributed by atoms with E-state index in [9.17, 15) is 4.79 Å². The van der Waals surface area contributed by atoms with Gasteiger partial charge in [-0.1, -0.05) is 5.16 Å². The fourth-order valence-corrected chi connectivity index (χ4v) is 3.32. The first-order valence-corrected chi connectivity index (χ1v) is 8.74. The van der Waals surface area contributed by atoms with Crippen LogP contribution in [0.4, 0.5) is 0 Å². The molecule has 25 heavy (non-hydrogen) atoms. The monoisotopic (exact) mass is 345 g/mol. The molecule has 1 atom stereocenters. The Labute approximate surface area is 146 Å². The van der Waals surface area contributed by atoms with Crippen molar-refractivity contribution in [3.8, 4) is 5.75 Å². The molecule has 0 N–H and O–H groups in total. The average molecular weight is 345 g/mol. The normalized spacial score (nSPS) is 20.5. The van der Waals surface area contributed by atoms with Gasteiger partial charge in [0.25, 0.3) is 5.89 Å². The van der Waals surface area contributed by atoms with E-state index in [1.54, 1.807) is 4.68 Å². The van der Waals surface area contributed by atoms with Crippen molar-refractivity contribution in [1.29, 1.82) is 0 Å². The van der Waals surface area contributed by atoms with Gasteiger partial charge in [-0.3, -0.25) is 9.48 Å². The summed E-state index contributed by atoms with van der Waals surface area (Å²) in [5, 5.41) is 8.38. The van der Waals surface area contributed by atoms with Crippen molar-refractivity contribution in [3.63, 3.8) is 0 Å². The van der Waals surface area contributed by atoms with Crippen LogP contribution in [0.2, 0.25) is 0 Å². The van der Waals surface area contributed by atoms with Crippen molar-refractivity contribution in [3.05, 3.63) is 23.1 Å². The van der Waals surface area contributed by atoms with Gasteiger partial charge in [-0.05, 0) is 32.6 Å². The summed E-state index contributed by atoms with van der Waals surface area (Å²) in [5.41, 5.74) is 1.78. The standard InChI is InChI=1S/C17H23N5O3/c1-10-16(11(2)21(3)19-10)24-9-14-18-17(20-25-14)13-6-15(23)22(8-13)7-12-4-5-12/h12-13H,4-9H2,1-3H3. The quantitative estimate of drug-likeness (QED) is 0.792. The van der Waals surface area contributed by atoms with E-state index in [2.05, 4.69) is 15.2 Å². The molecule has 2 aromatic rings. The topological polar surface area (TPSA) is 86.3 Å². The first kappa shape index (κ1) is 16.1. The molecule has 0 spiro atoms. The molecule has 1 aliphatic heterocycles. The number of amides is 1. The minimum Gasteiger partial charge on any atom is -0.480 e. The van der Waals surface area contributed by atoms with Crippen molar-refractivity contribution >= 4 is 5.91 Å². The highest BCUT2D eigenvalue weighted by molar-refractivity contribution is 5.79. The van der Waals surface area contributed by atoms with Crippen LogP contribution in [0.1, 0.15) is 48.3 Å². The molecule has 1 saturated carbocycles. The van der Waals surface area contributed by atoms with Gasteiger partial charge in [0, 0.05) is 32.5 Å². The number of nitrogens with zero attached hydrogens (tertiary/aromatic N) is 5. The lowest BCUT2D eigenvalue weighted by atomic mass is 10.1. The molecule has 3 heterocycles. The molecule has 1 aliphatic carbocycles. The maximum Gasteiger partial charge on any atom is 0.264 e. The van der Waals surface area contributed by atoms with Crippen LogP contribution in [0, 0.1) is 19.8 Å². The number of carbonyl (C=O) groups is 1. The summed E-state index contributed by atoms with van der Waals surface area (Å²) in [6.45, 7) is 5.62. The maximum absolute atomic E-state index is 12.1. The first-order valence-electron chi connectivity index (χ1n) is 8.74. The number of rotatable bonds is 6. The van der Waals surface area contributed by atoms with E-state index in [0.717, 1.165) is 23.7 Å². The Hall–Kier alpha value is -2.38. The van der Waals surface area contributed by atoms with E-state index < -0.39 is 0 Å². The lowest BCUT2D eigenvalue weighted by molar-refractivity contribution is -0.127. The second-order valence-electron chi connectivity index (χ2n) is 7.10. The Balaban J connectivity index is 1.38. The summed E-state index contributed by atoms with van der Waals surface area (Å²) in [6, 6.07) is 0. The molecule has 1 saturated heterocycles. The van der Waals surface area contributed by atoms with Gasteiger partial charge in [-0.25, -0.2) is 0 Å². The molecule has 2 aliphatic rings. The average Bonchev–Trinajstić information content (AvgIpc) is 3.04. The van der Waals surface area contributed by atoms with Crippen LogP contribution in [0.3, 0.4) is 0 Å². The molecule has 0 aromatic carbocycles. The van der Waals surface area contributed by atoms with Gasteiger partial charge in [0.1, 0.15) is 5.69 Å². The Morgan fingerprint density at radius 1 is 1.32 bits per heavy atom. The number of hydrogen-bond donors (Lipinski definition) is 0. The summed E-state index contributed by atoms with van der Waals surface area (Å²) in [6.07, 6.45) is 2.95. The van der Waals surface area contributed by atoms with Gasteiger partial charge in [0.05, 0.1) is 5.69 Å². The van der Waals surface area contributed by atoms with Crippen molar-refractivity contribution in [2.45, 2.75) is 45.6 Å². The fourth-order valence-electron chi connectivity index (χ4n) is 3.32. The molecule has 2 fully saturated rings. The zero-order chi connectivity index (χ0) is 17.6. The van der Waals surface area contributed by atoms with Crippen LogP contribution in [0.25, 0.3) is 0 Å². The van der Waals surface area contributed by atoms with E-state index in [0.29, 0.717) is 30.6 Å². The highest BCUT2D eigenvalue weighted by atomic mass is 16.5. The zero-order valence-corrected chi connectivity index (χ0v) is 14.9. The predicted octanol–water partition coefficient (Wildman–Crippen LogP) is 1.72. The van der Waals surface area contributed by atoms with E-state index in [1.165, 1.54) is 12.8 Å². The number of likely N-dealkylation sites (tertiary alicyclic amines) is 1. The predicted molar refractivity (Wildman–Crippen MR) is 88.0 cm³/mol. The highest BCUT2D eigenvalue weighted by Gasteiger charge is 2.36. The van der Waals surface area contributed by atoms with Crippen molar-refractivity contribution in [2.24, 2.45) is 13.0 Å². The second-order valence-corrected chi connectivity index (χ2v) is 7.10. The largest absolute Gasteiger partial charge is 0.480 e. The molecule has 8 heteroatoms. The zero-order valence-electron chi connectivity index (χ0n) is 14.9. The Morgan fingerprint density at radius 2 is 2.12 bits per heavy atom. The van der Waals surface area contributed by atoms with Gasteiger partial charge in [-0.15, -0.1) is 0 Å². The molecule has 0 radical (unpaired) electrons. The molecule has 2 aromatic heterocycles. The number of carbonyl (C=O) groups excluding carboxylic acids is 1. The third-order valence-electron chi connectivity index (χ3n) is 5.02. The Morgan fingerprint density at radius 3 is 2.80 bits per heavy atom. The third kappa shape index (κ3) is 3.25. The molecule has 1 unspecified atom stereocenters. The number of ether oxygens (including phenoxy) is 1. The van der Waals surface area contributed by atoms with Crippen LogP contribution >= 0.6 is 0 Å². The summed E-state index contributed by atoms with van der Waals surface area (Å²) in [4.78, 5) is 18.5. The Bertz CT molecular complexity index is 792. The van der Waals surface area contributed by atoms with Gasteiger partial charge in [-0.2, -0.15) is 10.1 Å². The first-order chi connectivity index (χ1) is 12.0. The van der Waals surface area contributed by atoms with Gasteiger partial charge >= 0.3 is 0 Å². The SMILES string of the molecule is Cc1nn(C)c(C)c1OCc1nc(C2CC(=O)N(CC3CC3)C2)no1. The smallest absolute Gasteiger partial charge is 0.264 e. The van der Waals surface area contributed by atoms with E-state index >= 15 is 0 Å². The van der Waals surface area contributed by atoms with E-state index in [4.69, 9.17) is 9.26 Å². The lowest BCUT2D eigenvalue weighted by Crippen LogP contribution is -2.27. The van der Waals surface area contributed by atoms with Crippen molar-refractivity contribution in [1.82, 2.24) is 24.8 Å². The molecular formula is C17H23N5O3. The highest BCUT2D eigenvalue weighted by Crippen LogP contribution is 2.34. The molecule has 8 nitrogen and oxygen atoms in total. The summed E-state index contributed by atoms with van der Waals surface area (Å²) in [5.74, 6) is 2.68. The van der Waals surface area contributed by atoms with Crippen LogP contribution in [0.5, 0.6) is 5.75 Å². The molecule has 1 amide bonds. The summed E-state index contributed by atoms with van der Waals surface area (Å²) in [7, 11) is 1.88. The molecule has 134 valence electrons. The Kier molecular flexibility index (Phi) is 3.97. The minimum absolute atomic E-state index is 0.0191. The second kappa shape index (κ2) is 6.16. The molecule has 0 bridgehead atoms. The number of aromatic nitrogens is 4. The minimum atomic E-state index is 0.0191. The van der Waals surface area contributed by atoms with Crippen LogP contribution in [0.15, 0.2) is 4.52 Å². The summed E-state index contributed by atoms with van der Waals surface area (Å²) >= 11 is 0. The van der Waals surface area contributed by atoms with Crippen molar-refractivity contribution in [2.75, 3.05) is 13.1 Å². The maximum atomic E-state index is 12.1. The van der Waals surface area contributed by atoms with E-state index in [-0.39, 0.29) is 18.4 Å². The van der Waals surface area contributed by atoms with Crippen LogP contribution in [-0.4, -0.2) is 43.8 Å². The van der Waals surface area contributed by atoms with Crippen LogP contribution < -0.4 is 4.74 Å². The van der Waals surface area contributed by atoms with Gasteiger partial charge < -0.3 is 14.2 Å². The lowest BCUT2D eigenvalue weighted by Gasteiger charge is -2.14. The fraction of sp³-hybridized carbons (Fsp3) is 0.647. The van der Waals surface area contributed by atoms with Crippen LogP contribution in [-0.2, 0) is 18.4 Å².